The van der Waals surface area contributed by atoms with Crippen LogP contribution in [0.4, 0.5) is 5.69 Å². The zero-order valence-corrected chi connectivity index (χ0v) is 11.1. The van der Waals surface area contributed by atoms with Crippen molar-refractivity contribution in [2.24, 2.45) is 5.92 Å². The third kappa shape index (κ3) is 3.74. The fourth-order valence-electron chi connectivity index (χ4n) is 2.41. The molecule has 2 rings (SSSR count). The maximum atomic E-state index is 3.53. The van der Waals surface area contributed by atoms with E-state index in [4.69, 9.17) is 0 Å². The van der Waals surface area contributed by atoms with Crippen molar-refractivity contribution in [1.82, 2.24) is 4.90 Å². The van der Waals surface area contributed by atoms with Crippen LogP contribution in [0.15, 0.2) is 24.3 Å². The molecule has 1 heterocycles. The molecule has 2 nitrogen and oxygen atoms in total. The van der Waals surface area contributed by atoms with E-state index in [1.807, 2.05) is 0 Å². The molecule has 1 aromatic carbocycles. The molecule has 0 unspecified atom stereocenters. The Morgan fingerprint density at radius 1 is 1.24 bits per heavy atom. The molecular weight excluding hydrogens is 208 g/mol. The molecule has 1 N–H and O–H groups in total. The molecular formula is C15H24N2. The van der Waals surface area contributed by atoms with Crippen molar-refractivity contribution in [3.05, 3.63) is 29.8 Å². The number of rotatable bonds is 4. The molecule has 0 atom stereocenters. The summed E-state index contributed by atoms with van der Waals surface area (Å²) in [7, 11) is 0. The van der Waals surface area contributed by atoms with Crippen molar-refractivity contribution in [2.75, 3.05) is 31.5 Å². The van der Waals surface area contributed by atoms with Gasteiger partial charge in [0.1, 0.15) is 0 Å². The monoisotopic (exact) mass is 232 g/mol. The van der Waals surface area contributed by atoms with E-state index in [0.717, 1.165) is 12.5 Å². The van der Waals surface area contributed by atoms with Crippen LogP contribution >= 0.6 is 0 Å². The Morgan fingerprint density at radius 2 is 1.94 bits per heavy atom. The summed E-state index contributed by atoms with van der Waals surface area (Å²) in [6.45, 7) is 9.29. The van der Waals surface area contributed by atoms with Gasteiger partial charge in [0.15, 0.2) is 0 Å². The molecule has 0 aliphatic carbocycles. The molecule has 0 saturated carbocycles. The van der Waals surface area contributed by atoms with Crippen LogP contribution in [0.1, 0.15) is 25.3 Å². The number of benzene rings is 1. The van der Waals surface area contributed by atoms with E-state index in [1.165, 1.54) is 43.7 Å². The molecule has 0 bridgehead atoms. The number of hydrogen-bond donors (Lipinski definition) is 1. The molecule has 2 heteroatoms. The maximum absolute atomic E-state index is 3.53. The Kier molecular flexibility index (Phi) is 4.43. The average Bonchev–Trinajstić information content (AvgIpc) is 2.34. The van der Waals surface area contributed by atoms with Crippen molar-refractivity contribution < 1.29 is 0 Å². The summed E-state index contributed by atoms with van der Waals surface area (Å²) >= 11 is 0. The Bertz CT molecular complexity index is 341. The van der Waals surface area contributed by atoms with Crippen molar-refractivity contribution >= 4 is 5.69 Å². The number of anilines is 1. The minimum Gasteiger partial charge on any atom is -0.384 e. The standard InChI is InChI=1S/C15H24N2/c1-13-7-10-17(11-8-13)12-9-16-15-6-4-3-5-14(15)2/h3-6,13,16H,7-12H2,1-2H3. The van der Waals surface area contributed by atoms with Crippen LogP contribution in [-0.4, -0.2) is 31.1 Å². The van der Waals surface area contributed by atoms with Crippen molar-refractivity contribution in [3.8, 4) is 0 Å². The smallest absolute Gasteiger partial charge is 0.0370 e. The second-order valence-corrected chi connectivity index (χ2v) is 5.27. The predicted molar refractivity (Wildman–Crippen MR) is 74.5 cm³/mol. The molecule has 1 aliphatic rings. The van der Waals surface area contributed by atoms with Crippen LogP contribution in [0.25, 0.3) is 0 Å². The van der Waals surface area contributed by atoms with Gasteiger partial charge in [0.25, 0.3) is 0 Å². The molecule has 1 aromatic rings. The summed E-state index contributed by atoms with van der Waals surface area (Å²) < 4.78 is 0. The van der Waals surface area contributed by atoms with Gasteiger partial charge in [-0.3, -0.25) is 0 Å². The number of aryl methyl sites for hydroxylation is 1. The van der Waals surface area contributed by atoms with Crippen LogP contribution in [0.2, 0.25) is 0 Å². The summed E-state index contributed by atoms with van der Waals surface area (Å²) in [5.74, 6) is 0.926. The first-order valence-corrected chi connectivity index (χ1v) is 6.77. The summed E-state index contributed by atoms with van der Waals surface area (Å²) in [5.41, 5.74) is 2.61. The van der Waals surface area contributed by atoms with Crippen LogP contribution in [0, 0.1) is 12.8 Å². The van der Waals surface area contributed by atoms with E-state index in [2.05, 4.69) is 48.3 Å². The van der Waals surface area contributed by atoms with E-state index in [9.17, 15) is 0 Å². The third-order valence-corrected chi connectivity index (χ3v) is 3.76. The van der Waals surface area contributed by atoms with Gasteiger partial charge in [-0.15, -0.1) is 0 Å². The van der Waals surface area contributed by atoms with Crippen molar-refractivity contribution in [2.45, 2.75) is 26.7 Å². The van der Waals surface area contributed by atoms with E-state index in [-0.39, 0.29) is 0 Å². The second kappa shape index (κ2) is 6.06. The van der Waals surface area contributed by atoms with Gasteiger partial charge >= 0.3 is 0 Å². The van der Waals surface area contributed by atoms with Crippen LogP contribution in [-0.2, 0) is 0 Å². The Labute approximate surface area is 105 Å². The van der Waals surface area contributed by atoms with Crippen molar-refractivity contribution in [3.63, 3.8) is 0 Å². The molecule has 94 valence electrons. The lowest BCUT2D eigenvalue weighted by Crippen LogP contribution is -2.36. The topological polar surface area (TPSA) is 15.3 Å². The van der Waals surface area contributed by atoms with E-state index >= 15 is 0 Å². The van der Waals surface area contributed by atoms with E-state index in [0.29, 0.717) is 0 Å². The maximum Gasteiger partial charge on any atom is 0.0370 e. The second-order valence-electron chi connectivity index (χ2n) is 5.27. The lowest BCUT2D eigenvalue weighted by molar-refractivity contribution is 0.199. The van der Waals surface area contributed by atoms with Gasteiger partial charge in [-0.05, 0) is 50.4 Å². The SMILES string of the molecule is Cc1ccccc1NCCN1CCC(C)CC1. The number of hydrogen-bond acceptors (Lipinski definition) is 2. The number of nitrogens with one attached hydrogen (secondary N) is 1. The molecule has 1 fully saturated rings. The summed E-state index contributed by atoms with van der Waals surface area (Å²) in [6.07, 6.45) is 2.73. The first-order chi connectivity index (χ1) is 8.25. The lowest BCUT2D eigenvalue weighted by atomic mass is 9.99. The number of para-hydroxylation sites is 1. The molecule has 17 heavy (non-hydrogen) atoms. The Balaban J connectivity index is 1.71. The summed E-state index contributed by atoms with van der Waals surface area (Å²) in [4.78, 5) is 2.57. The van der Waals surface area contributed by atoms with Gasteiger partial charge in [0, 0.05) is 18.8 Å². The number of piperidine rings is 1. The molecule has 0 radical (unpaired) electrons. The summed E-state index contributed by atoms with van der Waals surface area (Å²) in [6, 6.07) is 8.50. The highest BCUT2D eigenvalue weighted by Gasteiger charge is 2.14. The lowest BCUT2D eigenvalue weighted by Gasteiger charge is -2.30. The van der Waals surface area contributed by atoms with Crippen molar-refractivity contribution in [1.29, 1.82) is 0 Å². The summed E-state index contributed by atoms with van der Waals surface area (Å²) in [5, 5.41) is 3.53. The van der Waals surface area contributed by atoms with Gasteiger partial charge in [-0.2, -0.15) is 0 Å². The van der Waals surface area contributed by atoms with Crippen LogP contribution < -0.4 is 5.32 Å². The van der Waals surface area contributed by atoms with Gasteiger partial charge in [0.05, 0.1) is 0 Å². The molecule has 1 aliphatic heterocycles. The highest BCUT2D eigenvalue weighted by Crippen LogP contribution is 2.16. The Hall–Kier alpha value is -1.02. The van der Waals surface area contributed by atoms with Gasteiger partial charge in [-0.25, -0.2) is 0 Å². The van der Waals surface area contributed by atoms with Gasteiger partial charge in [0.2, 0.25) is 0 Å². The quantitative estimate of drug-likeness (QED) is 0.858. The highest BCUT2D eigenvalue weighted by molar-refractivity contribution is 5.50. The zero-order valence-electron chi connectivity index (χ0n) is 11.1. The predicted octanol–water partition coefficient (Wildman–Crippen LogP) is 3.14. The van der Waals surface area contributed by atoms with Crippen LogP contribution in [0.3, 0.4) is 0 Å². The minimum atomic E-state index is 0.926. The van der Waals surface area contributed by atoms with Gasteiger partial charge in [-0.1, -0.05) is 25.1 Å². The molecule has 0 amide bonds. The first-order valence-electron chi connectivity index (χ1n) is 6.77. The van der Waals surface area contributed by atoms with Crippen LogP contribution in [0.5, 0.6) is 0 Å². The fraction of sp³-hybridized carbons (Fsp3) is 0.600. The van der Waals surface area contributed by atoms with E-state index in [1.54, 1.807) is 0 Å². The first kappa shape index (κ1) is 12.4. The fourth-order valence-corrected chi connectivity index (χ4v) is 2.41. The third-order valence-electron chi connectivity index (χ3n) is 3.76. The highest BCUT2D eigenvalue weighted by atomic mass is 15.1. The average molecular weight is 232 g/mol. The number of nitrogens with zero attached hydrogens (tertiary/aromatic N) is 1. The molecule has 0 spiro atoms. The number of likely N-dealkylation sites (tertiary alicyclic amines) is 1. The Morgan fingerprint density at radius 3 is 2.65 bits per heavy atom. The minimum absolute atomic E-state index is 0.926. The normalized spacial score (nSPS) is 18.2. The molecule has 0 aromatic heterocycles. The largest absolute Gasteiger partial charge is 0.384 e. The zero-order chi connectivity index (χ0) is 12.1. The van der Waals surface area contributed by atoms with E-state index < -0.39 is 0 Å². The van der Waals surface area contributed by atoms with Gasteiger partial charge < -0.3 is 10.2 Å². The molecule has 1 saturated heterocycles.